The lowest BCUT2D eigenvalue weighted by atomic mass is 9.93. The summed E-state index contributed by atoms with van der Waals surface area (Å²) in [6.45, 7) is -1.48. The van der Waals surface area contributed by atoms with Crippen molar-refractivity contribution in [2.45, 2.75) is 25.3 Å². The summed E-state index contributed by atoms with van der Waals surface area (Å²) in [5, 5.41) is 15.2. The minimum Gasteiger partial charge on any atom is -0.445 e. The molecule has 33 heavy (non-hydrogen) atoms. The third-order valence-corrected chi connectivity index (χ3v) is 5.95. The Morgan fingerprint density at radius 1 is 1.24 bits per heavy atom. The fourth-order valence-corrected chi connectivity index (χ4v) is 4.53. The maximum absolute atomic E-state index is 12.2. The standard InChI is InChI=1S/C14H16Cl6N6O6S/c15-13(16,17)5-31-11(28)23-10-21-7(4-27)8-12(2-1-3-26(10)12)24-9(22-8)25-33(29,30)32-6-14(18,19)20/h1-2,7-8,27H,3-6H2,(H,21,23,28)(H2,22,24,25)/t7-,8-,12+/m0/s1. The van der Waals surface area contributed by atoms with E-state index >= 15 is 0 Å². The number of halogens is 6. The van der Waals surface area contributed by atoms with Gasteiger partial charge in [0, 0.05) is 6.54 Å². The molecule has 0 fully saturated rings. The third kappa shape index (κ3) is 6.73. The molecule has 0 aliphatic carbocycles. The smallest absolute Gasteiger partial charge is 0.414 e. The molecule has 0 radical (unpaired) electrons. The zero-order valence-electron chi connectivity index (χ0n) is 16.1. The highest BCUT2D eigenvalue weighted by molar-refractivity contribution is 7.85. The number of ether oxygens (including phenoxy) is 1. The Morgan fingerprint density at radius 2 is 1.91 bits per heavy atom. The normalized spacial score (nSPS) is 26.7. The number of carbonyl (C=O) groups is 1. The molecule has 3 aliphatic rings. The second-order valence-corrected chi connectivity index (χ2v) is 13.2. The van der Waals surface area contributed by atoms with Gasteiger partial charge in [0.25, 0.3) is 0 Å². The van der Waals surface area contributed by atoms with Gasteiger partial charge in [-0.3, -0.25) is 5.32 Å². The molecule has 0 saturated heterocycles. The van der Waals surface area contributed by atoms with Crippen LogP contribution in [-0.4, -0.2) is 88.1 Å². The summed E-state index contributed by atoms with van der Waals surface area (Å²) < 4.78 is 32.2. The molecule has 19 heteroatoms. The van der Waals surface area contributed by atoms with E-state index in [-0.39, 0.29) is 18.5 Å². The van der Waals surface area contributed by atoms with Crippen LogP contribution >= 0.6 is 69.6 Å². The molecule has 0 aromatic rings. The number of aliphatic imine (C=N–C) groups is 2. The SMILES string of the molecule is O=C(NC1=N[C@@H](CO)[C@@H]2N=C(NS(=O)(=O)OCC(Cl)(Cl)Cl)N[C@@]23C=CCN13)OCC(Cl)(Cl)Cl. The van der Waals surface area contributed by atoms with Crippen molar-refractivity contribution in [3.8, 4) is 0 Å². The van der Waals surface area contributed by atoms with Gasteiger partial charge >= 0.3 is 16.4 Å². The highest BCUT2D eigenvalue weighted by Gasteiger charge is 2.56. The Bertz CT molecular complexity index is 982. The third-order valence-electron chi connectivity index (χ3n) is 4.42. The Hall–Kier alpha value is -0.640. The average molecular weight is 609 g/mol. The first-order chi connectivity index (χ1) is 15.1. The minimum atomic E-state index is -4.42. The van der Waals surface area contributed by atoms with Crippen LogP contribution in [-0.2, 0) is 19.2 Å². The predicted octanol–water partition coefficient (Wildman–Crippen LogP) is 0.930. The summed E-state index contributed by atoms with van der Waals surface area (Å²) >= 11 is 33.3. The average Bonchev–Trinajstić information content (AvgIpc) is 3.25. The molecule has 0 unspecified atom stereocenters. The number of rotatable bonds is 5. The van der Waals surface area contributed by atoms with Gasteiger partial charge in [0.05, 0.1) is 6.61 Å². The van der Waals surface area contributed by atoms with E-state index < -0.39 is 61.5 Å². The number of carbonyl (C=O) groups excluding carboxylic acids is 1. The number of hydrogen-bond donors (Lipinski definition) is 4. The molecule has 3 aliphatic heterocycles. The number of alkyl carbamates (subject to hydrolysis) is 1. The summed E-state index contributed by atoms with van der Waals surface area (Å²) in [6, 6.07) is -1.65. The number of nitrogens with one attached hydrogen (secondary N) is 3. The summed E-state index contributed by atoms with van der Waals surface area (Å²) in [7, 11) is -4.42. The van der Waals surface area contributed by atoms with Gasteiger partial charge in [0.1, 0.15) is 25.3 Å². The summed E-state index contributed by atoms with van der Waals surface area (Å²) in [6.07, 6.45) is 2.46. The Labute approximate surface area is 218 Å². The fourth-order valence-electron chi connectivity index (χ4n) is 3.28. The maximum atomic E-state index is 12.2. The molecule has 3 rings (SSSR count). The molecule has 3 heterocycles. The van der Waals surface area contributed by atoms with Crippen molar-refractivity contribution in [2.75, 3.05) is 26.4 Å². The van der Waals surface area contributed by atoms with Gasteiger partial charge < -0.3 is 20.1 Å². The largest absolute Gasteiger partial charge is 0.445 e. The second kappa shape index (κ2) is 9.78. The van der Waals surface area contributed by atoms with Crippen LogP contribution in [0.3, 0.4) is 0 Å². The van der Waals surface area contributed by atoms with Crippen molar-refractivity contribution in [1.29, 1.82) is 0 Å². The van der Waals surface area contributed by atoms with Gasteiger partial charge in [0.15, 0.2) is 5.66 Å². The molecule has 3 atom stereocenters. The summed E-state index contributed by atoms with van der Waals surface area (Å²) in [5.74, 6) is -0.196. The molecule has 4 N–H and O–H groups in total. The lowest BCUT2D eigenvalue weighted by Crippen LogP contribution is -2.69. The number of nitrogens with zero attached hydrogens (tertiary/aromatic N) is 3. The van der Waals surface area contributed by atoms with Crippen LogP contribution in [0.15, 0.2) is 22.1 Å². The van der Waals surface area contributed by atoms with E-state index in [9.17, 15) is 18.3 Å². The molecule has 1 amide bonds. The van der Waals surface area contributed by atoms with Crippen LogP contribution in [0.1, 0.15) is 0 Å². The van der Waals surface area contributed by atoms with Crippen molar-refractivity contribution in [2.24, 2.45) is 9.98 Å². The van der Waals surface area contributed by atoms with Gasteiger partial charge in [-0.15, -0.1) is 0 Å². The van der Waals surface area contributed by atoms with E-state index in [0.29, 0.717) is 0 Å². The van der Waals surface area contributed by atoms with Crippen LogP contribution in [0.2, 0.25) is 0 Å². The van der Waals surface area contributed by atoms with E-state index in [4.69, 9.17) is 74.3 Å². The van der Waals surface area contributed by atoms with E-state index in [0.717, 1.165) is 0 Å². The lowest BCUT2D eigenvalue weighted by molar-refractivity contribution is 0.133. The number of aliphatic hydroxyl groups excluding tert-OH is 1. The predicted molar refractivity (Wildman–Crippen MR) is 124 cm³/mol. The van der Waals surface area contributed by atoms with Crippen molar-refractivity contribution >= 4 is 97.9 Å². The van der Waals surface area contributed by atoms with E-state index in [1.807, 2.05) is 0 Å². The molecule has 186 valence electrons. The number of hydrogen-bond acceptors (Lipinski definition) is 10. The van der Waals surface area contributed by atoms with Crippen LogP contribution in [0, 0.1) is 0 Å². The van der Waals surface area contributed by atoms with Crippen LogP contribution in [0.5, 0.6) is 0 Å². The zero-order valence-corrected chi connectivity index (χ0v) is 21.5. The lowest BCUT2D eigenvalue weighted by Gasteiger charge is -2.45. The topological polar surface area (TPSA) is 154 Å². The van der Waals surface area contributed by atoms with Gasteiger partial charge in [0.2, 0.25) is 19.5 Å². The molecule has 1 spiro atoms. The Balaban J connectivity index is 1.76. The van der Waals surface area contributed by atoms with E-state index in [2.05, 4.69) is 29.5 Å². The van der Waals surface area contributed by atoms with E-state index in [1.165, 1.54) is 0 Å². The van der Waals surface area contributed by atoms with Gasteiger partial charge in [-0.2, -0.15) is 8.42 Å². The van der Waals surface area contributed by atoms with Gasteiger partial charge in [-0.1, -0.05) is 75.7 Å². The number of aliphatic hydroxyl groups is 1. The van der Waals surface area contributed by atoms with Crippen LogP contribution < -0.4 is 15.4 Å². The highest BCUT2D eigenvalue weighted by atomic mass is 35.6. The first-order valence-electron chi connectivity index (χ1n) is 8.88. The number of guanidine groups is 2. The maximum Gasteiger partial charge on any atom is 0.414 e. The first kappa shape index (κ1) is 27.0. The molecule has 0 bridgehead atoms. The zero-order chi connectivity index (χ0) is 24.7. The van der Waals surface area contributed by atoms with Crippen molar-refractivity contribution in [3.05, 3.63) is 12.2 Å². The number of amides is 1. The Kier molecular flexibility index (Phi) is 7.99. The molecule has 0 aromatic carbocycles. The van der Waals surface area contributed by atoms with Gasteiger partial charge in [-0.05, 0) is 6.08 Å². The van der Waals surface area contributed by atoms with Gasteiger partial charge in [-0.25, -0.2) is 23.7 Å². The van der Waals surface area contributed by atoms with Crippen LogP contribution in [0.25, 0.3) is 0 Å². The second-order valence-electron chi connectivity index (χ2n) is 6.84. The Morgan fingerprint density at radius 3 is 2.52 bits per heavy atom. The van der Waals surface area contributed by atoms with Crippen molar-refractivity contribution < 1.29 is 27.2 Å². The quantitative estimate of drug-likeness (QED) is 0.266. The van der Waals surface area contributed by atoms with Crippen molar-refractivity contribution in [3.63, 3.8) is 0 Å². The first-order valence-corrected chi connectivity index (χ1v) is 12.6. The molecular weight excluding hydrogens is 593 g/mol. The molecule has 0 aromatic heterocycles. The minimum absolute atomic E-state index is 0.0175. The molecule has 0 saturated carbocycles. The molecular formula is C14H16Cl6N6O6S. The van der Waals surface area contributed by atoms with E-state index in [1.54, 1.807) is 17.1 Å². The van der Waals surface area contributed by atoms with Crippen molar-refractivity contribution in [1.82, 2.24) is 20.3 Å². The monoisotopic (exact) mass is 606 g/mol. The molecule has 12 nitrogen and oxygen atoms in total. The number of alkyl halides is 6. The van der Waals surface area contributed by atoms with Crippen LogP contribution in [0.4, 0.5) is 4.79 Å². The summed E-state index contributed by atoms with van der Waals surface area (Å²) in [5.41, 5.74) is -1.17. The summed E-state index contributed by atoms with van der Waals surface area (Å²) in [4.78, 5) is 22.3. The fraction of sp³-hybridized carbons (Fsp3) is 0.643. The highest BCUT2D eigenvalue weighted by Crippen LogP contribution is 2.36.